The number of carbonyl (C=O) groups is 2. The molecule has 5 N–H and O–H groups in total. The quantitative estimate of drug-likeness (QED) is 0.608. The number of hydrogen-bond acceptors (Lipinski definition) is 6. The van der Waals surface area contributed by atoms with Gasteiger partial charge in [0, 0.05) is 25.4 Å². The molecule has 0 saturated carbocycles. The van der Waals surface area contributed by atoms with Crippen LogP contribution >= 0.6 is 0 Å². The fourth-order valence-electron chi connectivity index (χ4n) is 0.976. The van der Waals surface area contributed by atoms with Crippen LogP contribution < -0.4 is 11.5 Å². The summed E-state index contributed by atoms with van der Waals surface area (Å²) in [7, 11) is 0. The first kappa shape index (κ1) is 17.0. The van der Waals surface area contributed by atoms with Gasteiger partial charge in [-0.15, -0.1) is 0 Å². The normalized spacial score (nSPS) is 10.8. The van der Waals surface area contributed by atoms with Crippen LogP contribution in [0.2, 0.25) is 0 Å². The molecule has 1 heterocycles. The number of rotatable bonds is 6. The zero-order valence-corrected chi connectivity index (χ0v) is 10.6. The van der Waals surface area contributed by atoms with E-state index in [1.54, 1.807) is 12.4 Å². The topological polar surface area (TPSA) is 129 Å². The molecule has 1 rings (SSSR count). The Morgan fingerprint density at radius 1 is 1.26 bits per heavy atom. The van der Waals surface area contributed by atoms with E-state index in [-0.39, 0.29) is 26.0 Å². The monoisotopic (exact) mass is 269 g/mol. The molecule has 0 amide bonds. The third-order valence-corrected chi connectivity index (χ3v) is 1.90. The molecule has 7 heteroatoms. The van der Waals surface area contributed by atoms with E-state index in [0.29, 0.717) is 0 Å². The molecule has 0 saturated heterocycles. The second kappa shape index (κ2) is 11.1. The maximum absolute atomic E-state index is 10.9. The van der Waals surface area contributed by atoms with Crippen LogP contribution in [0.3, 0.4) is 0 Å². The Morgan fingerprint density at radius 3 is 2.26 bits per heavy atom. The minimum absolute atomic E-state index is 0.0821. The second-order valence-corrected chi connectivity index (χ2v) is 3.52. The number of carbonyl (C=O) groups excluding carboxylic acids is 1. The van der Waals surface area contributed by atoms with Gasteiger partial charge in [0.05, 0.1) is 0 Å². The van der Waals surface area contributed by atoms with Gasteiger partial charge < -0.3 is 21.3 Å². The number of nitrogens with two attached hydrogens (primary N) is 2. The van der Waals surface area contributed by atoms with Crippen molar-refractivity contribution in [3.05, 3.63) is 30.6 Å². The highest BCUT2D eigenvalue weighted by Gasteiger charge is 2.15. The van der Waals surface area contributed by atoms with Crippen molar-refractivity contribution in [1.82, 2.24) is 4.98 Å². The fourth-order valence-corrected chi connectivity index (χ4v) is 0.976. The molecule has 1 aromatic rings. The third kappa shape index (κ3) is 10.9. The molecule has 0 radical (unpaired) electrons. The Labute approximate surface area is 111 Å². The number of nitrogens with zero attached hydrogens (tertiary/aromatic N) is 1. The minimum atomic E-state index is -0.984. The lowest BCUT2D eigenvalue weighted by Gasteiger charge is -2.08. The lowest BCUT2D eigenvalue weighted by atomic mass is 10.2. The van der Waals surface area contributed by atoms with Gasteiger partial charge in [0.25, 0.3) is 0 Å². The van der Waals surface area contributed by atoms with Gasteiger partial charge >= 0.3 is 11.9 Å². The average Bonchev–Trinajstić information content (AvgIpc) is 2.44. The Hall–Kier alpha value is -1.99. The van der Waals surface area contributed by atoms with Gasteiger partial charge in [-0.2, -0.15) is 0 Å². The first-order valence-corrected chi connectivity index (χ1v) is 5.77. The summed E-state index contributed by atoms with van der Waals surface area (Å²) in [5.74, 6) is -1.59. The lowest BCUT2D eigenvalue weighted by Crippen LogP contribution is -2.33. The maximum Gasteiger partial charge on any atom is 0.322 e. The van der Waals surface area contributed by atoms with Gasteiger partial charge in [0.1, 0.15) is 12.6 Å². The molecule has 1 atom stereocenters. The van der Waals surface area contributed by atoms with E-state index in [9.17, 15) is 9.59 Å². The van der Waals surface area contributed by atoms with Gasteiger partial charge in [-0.3, -0.25) is 14.6 Å². The maximum atomic E-state index is 10.9. The average molecular weight is 269 g/mol. The summed E-state index contributed by atoms with van der Waals surface area (Å²) in [6.07, 6.45) is 3.44. The third-order valence-electron chi connectivity index (χ3n) is 1.90. The molecule has 0 unspecified atom stereocenters. The largest absolute Gasteiger partial charge is 0.481 e. The molecular formula is C12H19N3O4. The Morgan fingerprint density at radius 2 is 1.89 bits per heavy atom. The van der Waals surface area contributed by atoms with Crippen LogP contribution in [0.4, 0.5) is 0 Å². The van der Waals surface area contributed by atoms with E-state index in [2.05, 4.69) is 9.72 Å². The summed E-state index contributed by atoms with van der Waals surface area (Å²) in [5.41, 5.74) is 10.4. The summed E-state index contributed by atoms with van der Waals surface area (Å²) in [5, 5.41) is 8.29. The van der Waals surface area contributed by atoms with E-state index >= 15 is 0 Å². The number of ether oxygens (including phenoxy) is 1. The van der Waals surface area contributed by atoms with Crippen molar-refractivity contribution in [3.8, 4) is 0 Å². The van der Waals surface area contributed by atoms with Gasteiger partial charge in [-0.25, -0.2) is 0 Å². The molecule has 0 bridgehead atoms. The lowest BCUT2D eigenvalue weighted by molar-refractivity contribution is -0.145. The molecule has 0 aliphatic carbocycles. The van der Waals surface area contributed by atoms with Crippen molar-refractivity contribution in [2.75, 3.05) is 13.2 Å². The van der Waals surface area contributed by atoms with Crippen LogP contribution in [-0.2, 0) is 14.3 Å². The highest BCUT2D eigenvalue weighted by atomic mass is 16.5. The Kier molecular flexibility index (Phi) is 9.96. The zero-order chi connectivity index (χ0) is 14.5. The van der Waals surface area contributed by atoms with Gasteiger partial charge in [0.15, 0.2) is 0 Å². The molecule has 1 aromatic heterocycles. The number of pyridine rings is 1. The van der Waals surface area contributed by atoms with Crippen LogP contribution in [0, 0.1) is 0 Å². The molecule has 0 fully saturated rings. The van der Waals surface area contributed by atoms with Crippen molar-refractivity contribution in [1.29, 1.82) is 0 Å². The predicted octanol–water partition coefficient (Wildman–Crippen LogP) is -0.238. The van der Waals surface area contributed by atoms with Crippen LogP contribution in [0.5, 0.6) is 0 Å². The molecule has 106 valence electrons. The summed E-state index contributed by atoms with van der Waals surface area (Å²) in [4.78, 5) is 24.8. The number of carboxylic acids is 1. The SMILES string of the molecule is NCCOC(=O)[C@@H](N)CCC(=O)O.c1ccncc1. The highest BCUT2D eigenvalue weighted by molar-refractivity contribution is 5.76. The van der Waals surface area contributed by atoms with E-state index in [0.717, 1.165) is 0 Å². The minimum Gasteiger partial charge on any atom is -0.481 e. The number of hydrogen-bond donors (Lipinski definition) is 3. The molecule has 0 aromatic carbocycles. The van der Waals surface area contributed by atoms with Crippen LogP contribution in [0.1, 0.15) is 12.8 Å². The van der Waals surface area contributed by atoms with E-state index < -0.39 is 18.0 Å². The van der Waals surface area contributed by atoms with Crippen molar-refractivity contribution >= 4 is 11.9 Å². The highest BCUT2D eigenvalue weighted by Crippen LogP contribution is 1.96. The first-order chi connectivity index (χ1) is 9.07. The summed E-state index contributed by atoms with van der Waals surface area (Å²) < 4.78 is 4.60. The molecule has 0 aliphatic rings. The fraction of sp³-hybridized carbons (Fsp3) is 0.417. The van der Waals surface area contributed by atoms with E-state index in [4.69, 9.17) is 16.6 Å². The summed E-state index contributed by atoms with van der Waals surface area (Å²) >= 11 is 0. The van der Waals surface area contributed by atoms with Gasteiger partial charge in [-0.05, 0) is 18.6 Å². The number of aromatic nitrogens is 1. The summed E-state index contributed by atoms with van der Waals surface area (Å²) in [6.45, 7) is 0.344. The number of esters is 1. The molecule has 0 spiro atoms. The number of aliphatic carboxylic acids is 1. The molecular weight excluding hydrogens is 250 g/mol. The van der Waals surface area contributed by atoms with Gasteiger partial charge in [0.2, 0.25) is 0 Å². The van der Waals surface area contributed by atoms with Crippen molar-refractivity contribution in [2.45, 2.75) is 18.9 Å². The molecule has 19 heavy (non-hydrogen) atoms. The van der Waals surface area contributed by atoms with Crippen molar-refractivity contribution in [3.63, 3.8) is 0 Å². The standard InChI is InChI=1S/C7H14N2O4.C5H5N/c8-3-4-13-7(12)5(9)1-2-6(10)11;1-2-4-6-5-3-1/h5H,1-4,8-9H2,(H,10,11);1-5H/t5-;/m0./s1. The van der Waals surface area contributed by atoms with Crippen LogP contribution in [0.25, 0.3) is 0 Å². The van der Waals surface area contributed by atoms with Crippen molar-refractivity contribution in [2.24, 2.45) is 11.5 Å². The second-order valence-electron chi connectivity index (χ2n) is 3.52. The first-order valence-electron chi connectivity index (χ1n) is 5.77. The Balaban J connectivity index is 0.000000443. The predicted molar refractivity (Wildman–Crippen MR) is 69.1 cm³/mol. The van der Waals surface area contributed by atoms with Crippen molar-refractivity contribution < 1.29 is 19.4 Å². The van der Waals surface area contributed by atoms with E-state index in [1.807, 2.05) is 18.2 Å². The molecule has 7 nitrogen and oxygen atoms in total. The Bertz CT molecular complexity index is 333. The van der Waals surface area contributed by atoms with E-state index in [1.165, 1.54) is 0 Å². The summed E-state index contributed by atoms with van der Waals surface area (Å²) in [6, 6.07) is 4.84. The smallest absolute Gasteiger partial charge is 0.322 e. The zero-order valence-electron chi connectivity index (χ0n) is 10.6. The molecule has 0 aliphatic heterocycles. The van der Waals surface area contributed by atoms with Crippen LogP contribution in [0.15, 0.2) is 30.6 Å². The van der Waals surface area contributed by atoms with Crippen LogP contribution in [-0.4, -0.2) is 41.2 Å². The van der Waals surface area contributed by atoms with Gasteiger partial charge in [-0.1, -0.05) is 6.07 Å². The number of carboxylic acid groups (broad SMARTS) is 1.